The van der Waals surface area contributed by atoms with Crippen LogP contribution in [-0.4, -0.2) is 25.8 Å². The van der Waals surface area contributed by atoms with Crippen LogP contribution in [0.25, 0.3) is 0 Å². The van der Waals surface area contributed by atoms with Crippen molar-refractivity contribution in [3.8, 4) is 0 Å². The highest BCUT2D eigenvalue weighted by molar-refractivity contribution is 4.78. The van der Waals surface area contributed by atoms with E-state index in [1.165, 1.54) is 19.4 Å². The number of rotatable bonds is 2. The smallest absolute Gasteiger partial charge is 0.0696 e. The van der Waals surface area contributed by atoms with Crippen LogP contribution in [0.5, 0.6) is 0 Å². The Labute approximate surface area is 56.6 Å². The summed E-state index contributed by atoms with van der Waals surface area (Å²) in [5, 5.41) is 3.38. The van der Waals surface area contributed by atoms with Crippen molar-refractivity contribution < 1.29 is 4.74 Å². The van der Waals surface area contributed by atoms with Crippen molar-refractivity contribution in [2.24, 2.45) is 0 Å². The molecule has 0 amide bonds. The molecule has 1 rings (SSSR count). The summed E-state index contributed by atoms with van der Waals surface area (Å²) in [7, 11) is 1.77. The number of hydrogen-bond acceptors (Lipinski definition) is 2. The van der Waals surface area contributed by atoms with Gasteiger partial charge in [-0.05, 0) is 26.3 Å². The van der Waals surface area contributed by atoms with Crippen LogP contribution in [0.15, 0.2) is 0 Å². The zero-order valence-corrected chi connectivity index (χ0v) is 6.18. The van der Waals surface area contributed by atoms with Gasteiger partial charge in [-0.2, -0.15) is 0 Å². The second-order valence-corrected chi connectivity index (χ2v) is 2.64. The number of methoxy groups -OCH3 is 1. The van der Waals surface area contributed by atoms with Gasteiger partial charge >= 0.3 is 0 Å². The highest BCUT2D eigenvalue weighted by Gasteiger charge is 2.19. The normalized spacial score (nSPS) is 30.7. The maximum absolute atomic E-state index is 5.17. The van der Waals surface area contributed by atoms with Gasteiger partial charge in [-0.25, -0.2) is 0 Å². The van der Waals surface area contributed by atoms with E-state index in [0.29, 0.717) is 12.1 Å². The minimum atomic E-state index is 0.382. The largest absolute Gasteiger partial charge is 0.380 e. The molecule has 0 aromatic heterocycles. The summed E-state index contributed by atoms with van der Waals surface area (Å²) in [6, 6.07) is 0.606. The lowest BCUT2D eigenvalue weighted by atomic mass is 10.1. The zero-order chi connectivity index (χ0) is 6.69. The van der Waals surface area contributed by atoms with E-state index in [4.69, 9.17) is 4.74 Å². The Morgan fingerprint density at radius 1 is 1.67 bits per heavy atom. The van der Waals surface area contributed by atoms with E-state index in [1.54, 1.807) is 7.11 Å². The molecule has 1 heterocycles. The Morgan fingerprint density at radius 3 is 2.89 bits per heavy atom. The van der Waals surface area contributed by atoms with Gasteiger partial charge in [0, 0.05) is 13.2 Å². The van der Waals surface area contributed by atoms with Gasteiger partial charge in [0.2, 0.25) is 0 Å². The van der Waals surface area contributed by atoms with Gasteiger partial charge < -0.3 is 10.1 Å². The Balaban J connectivity index is 2.24. The molecule has 9 heavy (non-hydrogen) atoms. The first-order valence-corrected chi connectivity index (χ1v) is 3.61. The Hall–Kier alpha value is -0.0800. The maximum atomic E-state index is 5.17. The molecule has 0 spiro atoms. The molecule has 0 aromatic rings. The second-order valence-electron chi connectivity index (χ2n) is 2.64. The molecule has 0 saturated carbocycles. The lowest BCUT2D eigenvalue weighted by molar-refractivity contribution is 0.0894. The third-order valence-corrected chi connectivity index (χ3v) is 2.04. The highest BCUT2D eigenvalue weighted by Crippen LogP contribution is 2.10. The molecule has 1 N–H and O–H groups in total. The molecular weight excluding hydrogens is 114 g/mol. The summed E-state index contributed by atoms with van der Waals surface area (Å²) in [6.45, 7) is 3.28. The number of ether oxygens (including phenoxy) is 1. The van der Waals surface area contributed by atoms with Crippen molar-refractivity contribution in [2.75, 3.05) is 13.7 Å². The van der Waals surface area contributed by atoms with Crippen LogP contribution in [0.4, 0.5) is 0 Å². The van der Waals surface area contributed by atoms with Gasteiger partial charge in [-0.3, -0.25) is 0 Å². The summed E-state index contributed by atoms with van der Waals surface area (Å²) in [5.74, 6) is 0. The molecule has 1 fully saturated rings. The number of nitrogens with one attached hydrogen (secondary N) is 1. The van der Waals surface area contributed by atoms with Crippen molar-refractivity contribution in [3.05, 3.63) is 0 Å². The lowest BCUT2D eigenvalue weighted by Gasteiger charge is -2.16. The standard InChI is InChI=1S/C7H15NO/c1-6(9-2)7-4-3-5-8-7/h6-8H,3-5H2,1-2H3. The van der Waals surface area contributed by atoms with E-state index in [1.807, 2.05) is 0 Å². The van der Waals surface area contributed by atoms with Crippen LogP contribution in [0.1, 0.15) is 19.8 Å². The van der Waals surface area contributed by atoms with Gasteiger partial charge in [0.05, 0.1) is 6.10 Å². The predicted octanol–water partition coefficient (Wildman–Crippen LogP) is 0.773. The molecule has 0 aliphatic carbocycles. The molecular formula is C7H15NO. The third-order valence-electron chi connectivity index (χ3n) is 2.04. The fourth-order valence-corrected chi connectivity index (χ4v) is 1.28. The molecule has 54 valence electrons. The molecule has 2 atom stereocenters. The number of hydrogen-bond donors (Lipinski definition) is 1. The second kappa shape index (κ2) is 3.18. The highest BCUT2D eigenvalue weighted by atomic mass is 16.5. The quantitative estimate of drug-likeness (QED) is 0.594. The van der Waals surface area contributed by atoms with E-state index >= 15 is 0 Å². The molecule has 0 bridgehead atoms. The van der Waals surface area contributed by atoms with Crippen LogP contribution in [0.3, 0.4) is 0 Å². The van der Waals surface area contributed by atoms with Gasteiger partial charge in [0.25, 0.3) is 0 Å². The van der Waals surface area contributed by atoms with Gasteiger partial charge in [-0.1, -0.05) is 0 Å². The van der Waals surface area contributed by atoms with Crippen molar-refractivity contribution in [1.29, 1.82) is 0 Å². The van der Waals surface area contributed by atoms with Crippen LogP contribution in [0.2, 0.25) is 0 Å². The molecule has 1 aliphatic rings. The first-order valence-electron chi connectivity index (χ1n) is 3.61. The average Bonchev–Trinajstić information content (AvgIpc) is 2.37. The summed E-state index contributed by atoms with van der Waals surface area (Å²) < 4.78 is 5.17. The van der Waals surface area contributed by atoms with Crippen LogP contribution in [0, 0.1) is 0 Å². The zero-order valence-electron chi connectivity index (χ0n) is 6.18. The van der Waals surface area contributed by atoms with E-state index in [-0.39, 0.29) is 0 Å². The van der Waals surface area contributed by atoms with Gasteiger partial charge in [-0.15, -0.1) is 0 Å². The van der Waals surface area contributed by atoms with E-state index in [0.717, 1.165) is 0 Å². The van der Waals surface area contributed by atoms with Crippen molar-refractivity contribution in [1.82, 2.24) is 5.32 Å². The molecule has 2 heteroatoms. The maximum Gasteiger partial charge on any atom is 0.0696 e. The average molecular weight is 129 g/mol. The van der Waals surface area contributed by atoms with Crippen molar-refractivity contribution in [2.45, 2.75) is 31.9 Å². The van der Waals surface area contributed by atoms with Crippen LogP contribution in [-0.2, 0) is 4.74 Å². The monoisotopic (exact) mass is 129 g/mol. The van der Waals surface area contributed by atoms with E-state index in [2.05, 4.69) is 12.2 Å². The van der Waals surface area contributed by atoms with Crippen molar-refractivity contribution in [3.63, 3.8) is 0 Å². The molecule has 1 aliphatic heterocycles. The summed E-state index contributed by atoms with van der Waals surface area (Å²) in [6.07, 6.45) is 2.96. The molecule has 0 aromatic carbocycles. The van der Waals surface area contributed by atoms with Gasteiger partial charge in [0.1, 0.15) is 0 Å². The van der Waals surface area contributed by atoms with E-state index < -0.39 is 0 Å². The SMILES string of the molecule is COC(C)C1CCCN1. The van der Waals surface area contributed by atoms with Crippen LogP contribution < -0.4 is 5.32 Å². The first kappa shape index (κ1) is 7.03. The Morgan fingerprint density at radius 2 is 2.44 bits per heavy atom. The molecule has 2 nitrogen and oxygen atoms in total. The summed E-state index contributed by atoms with van der Waals surface area (Å²) >= 11 is 0. The summed E-state index contributed by atoms with van der Waals surface area (Å²) in [5.41, 5.74) is 0. The first-order chi connectivity index (χ1) is 4.34. The minimum Gasteiger partial charge on any atom is -0.380 e. The fraction of sp³-hybridized carbons (Fsp3) is 1.00. The predicted molar refractivity (Wildman–Crippen MR) is 37.5 cm³/mol. The molecule has 2 unspecified atom stereocenters. The van der Waals surface area contributed by atoms with Gasteiger partial charge in [0.15, 0.2) is 0 Å². The Bertz CT molecular complexity index is 79.0. The lowest BCUT2D eigenvalue weighted by Crippen LogP contribution is -2.33. The third kappa shape index (κ3) is 1.66. The molecule has 0 radical (unpaired) electrons. The topological polar surface area (TPSA) is 21.3 Å². The fourth-order valence-electron chi connectivity index (χ4n) is 1.28. The van der Waals surface area contributed by atoms with Crippen molar-refractivity contribution >= 4 is 0 Å². The summed E-state index contributed by atoms with van der Waals surface area (Å²) in [4.78, 5) is 0. The molecule has 1 saturated heterocycles. The van der Waals surface area contributed by atoms with Crippen LogP contribution >= 0.6 is 0 Å². The van der Waals surface area contributed by atoms with E-state index in [9.17, 15) is 0 Å². The Kier molecular flexibility index (Phi) is 2.49. The minimum absolute atomic E-state index is 0.382.